The van der Waals surface area contributed by atoms with Gasteiger partial charge in [-0.15, -0.1) is 0 Å². The van der Waals surface area contributed by atoms with E-state index in [1.807, 2.05) is 38.2 Å². The number of alkyl halides is 3. The molecule has 0 saturated carbocycles. The zero-order chi connectivity index (χ0) is 19.2. The van der Waals surface area contributed by atoms with Crippen LogP contribution in [0.3, 0.4) is 0 Å². The summed E-state index contributed by atoms with van der Waals surface area (Å²) in [6.07, 6.45) is 4.17. The number of ether oxygens (including phenoxy) is 1. The average molecular weight is 357 g/mol. The van der Waals surface area contributed by atoms with E-state index in [0.717, 1.165) is 29.7 Å². The summed E-state index contributed by atoms with van der Waals surface area (Å²) in [5.74, 6) is 0.708. The minimum Gasteiger partial charge on any atom is -0.457 e. The molecular weight excluding hydrogens is 339 g/mol. The predicted molar refractivity (Wildman–Crippen MR) is 95.9 cm³/mol. The van der Waals surface area contributed by atoms with E-state index in [2.05, 4.69) is 6.07 Å². The molecule has 2 aromatic carbocycles. The zero-order valence-electron chi connectivity index (χ0n) is 14.5. The second-order valence-electron chi connectivity index (χ2n) is 5.62. The van der Waals surface area contributed by atoms with E-state index < -0.39 is 11.7 Å². The topological polar surface area (TPSA) is 33.0 Å². The minimum absolute atomic E-state index is 0.275. The molecule has 2 aromatic rings. The number of rotatable bonds is 5. The van der Waals surface area contributed by atoms with E-state index >= 15 is 0 Å². The molecule has 0 N–H and O–H groups in total. The first-order valence-corrected chi connectivity index (χ1v) is 8.08. The molecule has 26 heavy (non-hydrogen) atoms. The molecule has 0 amide bonds. The second kappa shape index (κ2) is 8.39. The van der Waals surface area contributed by atoms with E-state index in [1.165, 1.54) is 12.1 Å². The summed E-state index contributed by atoms with van der Waals surface area (Å²) in [4.78, 5) is 0. The third kappa shape index (κ3) is 5.00. The van der Waals surface area contributed by atoms with E-state index in [4.69, 9.17) is 4.74 Å². The molecular formula is C21H18F3NO. The Labute approximate surface area is 150 Å². The quantitative estimate of drug-likeness (QED) is 0.561. The van der Waals surface area contributed by atoms with Crippen LogP contribution in [0, 0.1) is 18.3 Å². The number of allylic oxidation sites excluding steroid dienone is 3. The summed E-state index contributed by atoms with van der Waals surface area (Å²) in [6, 6.07) is 9.85. The Morgan fingerprint density at radius 3 is 2.38 bits per heavy atom. The molecule has 2 rings (SSSR count). The Morgan fingerprint density at radius 1 is 1.12 bits per heavy atom. The summed E-state index contributed by atoms with van der Waals surface area (Å²) >= 11 is 0. The number of benzene rings is 2. The fourth-order valence-electron chi connectivity index (χ4n) is 2.27. The van der Waals surface area contributed by atoms with Crippen LogP contribution in [0.4, 0.5) is 13.2 Å². The number of halogens is 3. The lowest BCUT2D eigenvalue weighted by atomic mass is 10.0. The first-order chi connectivity index (χ1) is 12.3. The molecule has 2 nitrogen and oxygen atoms in total. The van der Waals surface area contributed by atoms with Gasteiger partial charge in [-0.3, -0.25) is 0 Å². The fraction of sp³-hybridized carbons (Fsp3) is 0.190. The lowest BCUT2D eigenvalue weighted by molar-refractivity contribution is -0.137. The van der Waals surface area contributed by atoms with Crippen LogP contribution in [-0.4, -0.2) is 0 Å². The normalized spacial score (nSPS) is 11.8. The molecule has 0 aliphatic heterocycles. The van der Waals surface area contributed by atoms with Gasteiger partial charge in [0.25, 0.3) is 0 Å². The lowest BCUT2D eigenvalue weighted by Gasteiger charge is -2.13. The maximum Gasteiger partial charge on any atom is 0.416 e. The minimum atomic E-state index is -4.39. The standard InChI is InChI=1S/C21H18F3NO/c1-3-4-5-6-7-17-12-16(14-25)13-20(15(17)2)26-19-10-8-18(9-11-19)21(22,23)24/h4-13H,3H2,1-2H3/b5-4+,7-6-. The van der Waals surface area contributed by atoms with Gasteiger partial charge in [0.2, 0.25) is 0 Å². The van der Waals surface area contributed by atoms with Crippen molar-refractivity contribution in [2.75, 3.05) is 0 Å². The average Bonchev–Trinajstić information content (AvgIpc) is 2.61. The number of hydrogen-bond donors (Lipinski definition) is 0. The summed E-state index contributed by atoms with van der Waals surface area (Å²) in [5, 5.41) is 9.21. The van der Waals surface area contributed by atoms with Crippen molar-refractivity contribution in [3.05, 3.63) is 76.9 Å². The monoisotopic (exact) mass is 357 g/mol. The van der Waals surface area contributed by atoms with Crippen LogP contribution in [0.25, 0.3) is 6.08 Å². The molecule has 0 bridgehead atoms. The highest BCUT2D eigenvalue weighted by atomic mass is 19.4. The molecule has 0 saturated heterocycles. The Kier molecular flexibility index (Phi) is 6.24. The maximum absolute atomic E-state index is 12.6. The maximum atomic E-state index is 12.6. The van der Waals surface area contributed by atoms with Crippen molar-refractivity contribution in [1.29, 1.82) is 5.26 Å². The van der Waals surface area contributed by atoms with Gasteiger partial charge in [0.15, 0.2) is 0 Å². The Bertz CT molecular complexity index is 857. The van der Waals surface area contributed by atoms with Gasteiger partial charge in [-0.05, 0) is 60.9 Å². The Morgan fingerprint density at radius 2 is 1.81 bits per heavy atom. The highest BCUT2D eigenvalue weighted by molar-refractivity contribution is 5.62. The van der Waals surface area contributed by atoms with Gasteiger partial charge in [-0.2, -0.15) is 18.4 Å². The highest BCUT2D eigenvalue weighted by Gasteiger charge is 2.30. The van der Waals surface area contributed by atoms with Gasteiger partial charge in [0.05, 0.1) is 17.2 Å². The van der Waals surface area contributed by atoms with Crippen LogP contribution < -0.4 is 4.74 Å². The summed E-state index contributed by atoms with van der Waals surface area (Å²) in [6.45, 7) is 3.87. The molecule has 0 radical (unpaired) electrons. The van der Waals surface area contributed by atoms with E-state index in [-0.39, 0.29) is 5.75 Å². The molecule has 0 atom stereocenters. The van der Waals surface area contributed by atoms with E-state index in [0.29, 0.717) is 11.3 Å². The van der Waals surface area contributed by atoms with Gasteiger partial charge in [-0.25, -0.2) is 0 Å². The van der Waals surface area contributed by atoms with E-state index in [9.17, 15) is 18.4 Å². The van der Waals surface area contributed by atoms with E-state index in [1.54, 1.807) is 12.1 Å². The van der Waals surface area contributed by atoms with Crippen LogP contribution in [0.15, 0.2) is 54.6 Å². The number of nitriles is 1. The van der Waals surface area contributed by atoms with Gasteiger partial charge in [0.1, 0.15) is 11.5 Å². The van der Waals surface area contributed by atoms with Crippen LogP contribution in [0.1, 0.15) is 35.6 Å². The smallest absolute Gasteiger partial charge is 0.416 e. The molecule has 0 spiro atoms. The SMILES string of the molecule is CC/C=C/C=C\c1cc(C#N)cc(Oc2ccc(C(F)(F)F)cc2)c1C. The van der Waals surface area contributed by atoms with Crippen LogP contribution in [0.5, 0.6) is 11.5 Å². The van der Waals surface area contributed by atoms with Crippen molar-refractivity contribution in [3.8, 4) is 17.6 Å². The summed E-state index contributed by atoms with van der Waals surface area (Å²) in [5.41, 5.74) is 1.28. The van der Waals surface area contributed by atoms with Crippen LogP contribution in [-0.2, 0) is 6.18 Å². The highest BCUT2D eigenvalue weighted by Crippen LogP contribution is 2.33. The summed E-state index contributed by atoms with van der Waals surface area (Å²) < 4.78 is 43.7. The van der Waals surface area contributed by atoms with Crippen molar-refractivity contribution in [1.82, 2.24) is 0 Å². The van der Waals surface area contributed by atoms with Crippen molar-refractivity contribution in [2.24, 2.45) is 0 Å². The second-order valence-corrected chi connectivity index (χ2v) is 5.62. The van der Waals surface area contributed by atoms with Gasteiger partial charge in [-0.1, -0.05) is 31.2 Å². The molecule has 0 aromatic heterocycles. The van der Waals surface area contributed by atoms with Gasteiger partial charge >= 0.3 is 6.18 Å². The predicted octanol–water partition coefficient (Wildman–Crippen LogP) is 6.66. The number of hydrogen-bond acceptors (Lipinski definition) is 2. The molecule has 0 fully saturated rings. The third-order valence-electron chi connectivity index (χ3n) is 3.70. The van der Waals surface area contributed by atoms with Crippen molar-refractivity contribution in [2.45, 2.75) is 26.4 Å². The third-order valence-corrected chi connectivity index (χ3v) is 3.70. The number of nitrogens with zero attached hydrogens (tertiary/aromatic N) is 1. The molecule has 0 aliphatic rings. The largest absolute Gasteiger partial charge is 0.457 e. The van der Waals surface area contributed by atoms with Crippen LogP contribution in [0.2, 0.25) is 0 Å². The molecule has 0 aliphatic carbocycles. The lowest BCUT2D eigenvalue weighted by Crippen LogP contribution is -2.04. The first-order valence-electron chi connectivity index (χ1n) is 8.08. The first kappa shape index (κ1) is 19.3. The van der Waals surface area contributed by atoms with Crippen molar-refractivity contribution < 1.29 is 17.9 Å². The molecule has 0 heterocycles. The van der Waals surface area contributed by atoms with Crippen molar-refractivity contribution in [3.63, 3.8) is 0 Å². The van der Waals surface area contributed by atoms with Gasteiger partial charge < -0.3 is 4.74 Å². The van der Waals surface area contributed by atoms with Gasteiger partial charge in [0, 0.05) is 0 Å². The Hall–Kier alpha value is -3.00. The molecule has 5 heteroatoms. The Balaban J connectivity index is 2.32. The molecule has 0 unspecified atom stereocenters. The molecule has 134 valence electrons. The van der Waals surface area contributed by atoms with Crippen molar-refractivity contribution >= 4 is 6.08 Å². The summed E-state index contributed by atoms with van der Waals surface area (Å²) in [7, 11) is 0. The van der Waals surface area contributed by atoms with Crippen LogP contribution >= 0.6 is 0 Å². The fourth-order valence-corrected chi connectivity index (χ4v) is 2.27. The zero-order valence-corrected chi connectivity index (χ0v) is 14.5.